The van der Waals surface area contributed by atoms with Crippen molar-refractivity contribution in [3.8, 4) is 11.5 Å². The largest absolute Gasteiger partial charge is 0.495 e. The number of halogens is 3. The summed E-state index contributed by atoms with van der Waals surface area (Å²) in [5.74, 6) is -0.138. The minimum atomic E-state index is -4.41. The highest BCUT2D eigenvalue weighted by Crippen LogP contribution is 2.54. The Kier molecular flexibility index (Phi) is 5.48. The normalized spacial score (nSPS) is 16.8. The smallest absolute Gasteiger partial charge is 0.392 e. The number of ether oxygens (including phenoxy) is 2. The van der Waals surface area contributed by atoms with Crippen molar-refractivity contribution in [2.75, 3.05) is 23.8 Å². The maximum absolute atomic E-state index is 13.0. The molecule has 2 aliphatic rings. The zero-order valence-corrected chi connectivity index (χ0v) is 17.9. The van der Waals surface area contributed by atoms with Gasteiger partial charge < -0.3 is 14.8 Å². The zero-order valence-electron chi connectivity index (χ0n) is 17.1. The van der Waals surface area contributed by atoms with Crippen LogP contribution in [0.2, 0.25) is 0 Å². The topological polar surface area (TPSA) is 93.7 Å². The molecule has 2 aromatic carbocycles. The number of hydrogen-bond donors (Lipinski definition) is 2. The molecule has 1 fully saturated rings. The number of alkyl halides is 3. The number of carbonyl (C=O) groups is 1. The first-order valence-corrected chi connectivity index (χ1v) is 11.4. The standard InChI is InChI=1S/C21H21F3N2O5S/c1-30-15-5-2-3-6-17(15)32(28,29)26-13-11-14-18(25-19(27)20(14)7-4-8-20)16(12-13)31-10-9-21(22,23)24/h2-3,5-6,11-12,26H,4,7-10H2,1H3,(H,25,27). The summed E-state index contributed by atoms with van der Waals surface area (Å²) in [4.78, 5) is 12.5. The number of methoxy groups -OCH3 is 1. The second-order valence-electron chi connectivity index (χ2n) is 7.76. The van der Waals surface area contributed by atoms with E-state index < -0.39 is 34.6 Å². The van der Waals surface area contributed by atoms with Crippen molar-refractivity contribution >= 4 is 27.3 Å². The number of benzene rings is 2. The van der Waals surface area contributed by atoms with E-state index in [9.17, 15) is 26.4 Å². The zero-order chi connectivity index (χ0) is 23.1. The Bertz CT molecular complexity index is 1160. The molecule has 1 saturated carbocycles. The molecule has 7 nitrogen and oxygen atoms in total. The minimum absolute atomic E-state index is 0.0124. The Hall–Kier alpha value is -2.95. The highest BCUT2D eigenvalue weighted by Gasteiger charge is 2.52. The Morgan fingerprint density at radius 1 is 1.16 bits per heavy atom. The molecule has 0 saturated heterocycles. The molecule has 0 radical (unpaired) electrons. The molecule has 1 heterocycles. The lowest BCUT2D eigenvalue weighted by molar-refractivity contribution is -0.139. The fourth-order valence-electron chi connectivity index (χ4n) is 4.00. The van der Waals surface area contributed by atoms with Crippen molar-refractivity contribution in [3.05, 3.63) is 42.0 Å². The number of anilines is 2. The molecular formula is C21H21F3N2O5S. The molecule has 2 aromatic rings. The van der Waals surface area contributed by atoms with Crippen LogP contribution in [-0.2, 0) is 20.2 Å². The highest BCUT2D eigenvalue weighted by atomic mass is 32.2. The minimum Gasteiger partial charge on any atom is -0.495 e. The fraction of sp³-hybridized carbons (Fsp3) is 0.381. The fourth-order valence-corrected chi connectivity index (χ4v) is 5.22. The van der Waals surface area contributed by atoms with Crippen LogP contribution in [0.5, 0.6) is 11.5 Å². The van der Waals surface area contributed by atoms with E-state index in [1.165, 1.54) is 37.4 Å². The Labute approximate surface area is 183 Å². The van der Waals surface area contributed by atoms with Crippen LogP contribution < -0.4 is 19.5 Å². The van der Waals surface area contributed by atoms with Gasteiger partial charge in [0.1, 0.15) is 16.4 Å². The molecule has 0 atom stereocenters. The molecular weight excluding hydrogens is 449 g/mol. The Morgan fingerprint density at radius 2 is 1.88 bits per heavy atom. The summed E-state index contributed by atoms with van der Waals surface area (Å²) in [6, 6.07) is 8.84. The van der Waals surface area contributed by atoms with Gasteiger partial charge in [0.2, 0.25) is 5.91 Å². The van der Waals surface area contributed by atoms with E-state index in [-0.39, 0.29) is 33.7 Å². The van der Waals surface area contributed by atoms with E-state index in [1.54, 1.807) is 6.07 Å². The van der Waals surface area contributed by atoms with Gasteiger partial charge in [-0.05, 0) is 36.6 Å². The molecule has 1 spiro atoms. The average Bonchev–Trinajstić information content (AvgIpc) is 2.99. The van der Waals surface area contributed by atoms with Gasteiger partial charge in [-0.3, -0.25) is 9.52 Å². The second kappa shape index (κ2) is 7.88. The van der Waals surface area contributed by atoms with Crippen LogP contribution in [0.4, 0.5) is 24.5 Å². The predicted molar refractivity (Wildman–Crippen MR) is 111 cm³/mol. The summed E-state index contributed by atoms with van der Waals surface area (Å²) in [5, 5.41) is 2.70. The first kappa shape index (κ1) is 22.3. The van der Waals surface area contributed by atoms with Crippen molar-refractivity contribution in [1.82, 2.24) is 0 Å². The number of nitrogens with one attached hydrogen (secondary N) is 2. The van der Waals surface area contributed by atoms with Gasteiger partial charge in [-0.1, -0.05) is 18.6 Å². The third-order valence-electron chi connectivity index (χ3n) is 5.75. The van der Waals surface area contributed by atoms with Crippen molar-refractivity contribution < 1.29 is 35.9 Å². The number of sulfonamides is 1. The Balaban J connectivity index is 1.71. The monoisotopic (exact) mass is 470 g/mol. The molecule has 172 valence electrons. The lowest BCUT2D eigenvalue weighted by Gasteiger charge is -2.36. The average molecular weight is 470 g/mol. The van der Waals surface area contributed by atoms with Gasteiger partial charge in [-0.25, -0.2) is 8.42 Å². The number of amides is 1. The number of rotatable bonds is 7. The lowest BCUT2D eigenvalue weighted by Crippen LogP contribution is -2.40. The highest BCUT2D eigenvalue weighted by molar-refractivity contribution is 7.92. The van der Waals surface area contributed by atoms with Crippen molar-refractivity contribution in [2.24, 2.45) is 0 Å². The van der Waals surface area contributed by atoms with Gasteiger partial charge in [0.25, 0.3) is 10.0 Å². The SMILES string of the molecule is COc1ccccc1S(=O)(=O)Nc1cc(OCCC(F)(F)F)c2c(c1)C1(CCC1)C(=O)N2. The molecule has 1 aliphatic carbocycles. The molecule has 0 unspecified atom stereocenters. The summed E-state index contributed by atoms with van der Waals surface area (Å²) in [6.45, 7) is -0.665. The quantitative estimate of drug-likeness (QED) is 0.633. The molecule has 1 aliphatic heterocycles. The van der Waals surface area contributed by atoms with Gasteiger partial charge in [0.05, 0.1) is 36.9 Å². The van der Waals surface area contributed by atoms with Crippen molar-refractivity contribution in [2.45, 2.75) is 42.2 Å². The van der Waals surface area contributed by atoms with Gasteiger partial charge in [-0.2, -0.15) is 13.2 Å². The maximum Gasteiger partial charge on any atom is 0.392 e. The second-order valence-corrected chi connectivity index (χ2v) is 9.41. The molecule has 2 N–H and O–H groups in total. The van der Waals surface area contributed by atoms with E-state index >= 15 is 0 Å². The summed E-state index contributed by atoms with van der Waals surface area (Å²) in [6.07, 6.45) is -3.65. The number of hydrogen-bond acceptors (Lipinski definition) is 5. The number of para-hydroxylation sites is 1. The van der Waals surface area contributed by atoms with Gasteiger partial charge >= 0.3 is 6.18 Å². The van der Waals surface area contributed by atoms with Crippen LogP contribution >= 0.6 is 0 Å². The molecule has 4 rings (SSSR count). The lowest BCUT2D eigenvalue weighted by atomic mass is 9.65. The molecule has 1 amide bonds. The van der Waals surface area contributed by atoms with Crippen LogP contribution in [0.15, 0.2) is 41.3 Å². The van der Waals surface area contributed by atoms with E-state index in [0.717, 1.165) is 6.42 Å². The van der Waals surface area contributed by atoms with Gasteiger partial charge in [-0.15, -0.1) is 0 Å². The molecule has 32 heavy (non-hydrogen) atoms. The third kappa shape index (κ3) is 3.96. The first-order valence-electron chi connectivity index (χ1n) is 9.91. The van der Waals surface area contributed by atoms with Crippen molar-refractivity contribution in [1.29, 1.82) is 0 Å². The van der Waals surface area contributed by atoms with Gasteiger partial charge in [0.15, 0.2) is 0 Å². The summed E-state index contributed by atoms with van der Waals surface area (Å²) >= 11 is 0. The van der Waals surface area contributed by atoms with Crippen LogP contribution in [0.3, 0.4) is 0 Å². The summed E-state index contributed by atoms with van der Waals surface area (Å²) in [5.41, 5.74) is 0.0798. The summed E-state index contributed by atoms with van der Waals surface area (Å²) in [7, 11) is -2.75. The maximum atomic E-state index is 13.0. The molecule has 11 heteroatoms. The van der Waals surface area contributed by atoms with E-state index in [1.807, 2.05) is 0 Å². The first-order chi connectivity index (χ1) is 15.1. The van der Waals surface area contributed by atoms with Crippen molar-refractivity contribution in [3.63, 3.8) is 0 Å². The van der Waals surface area contributed by atoms with E-state index in [4.69, 9.17) is 9.47 Å². The number of fused-ring (bicyclic) bond motifs is 2. The van der Waals surface area contributed by atoms with E-state index in [2.05, 4.69) is 10.0 Å². The third-order valence-corrected chi connectivity index (χ3v) is 7.17. The Morgan fingerprint density at radius 3 is 2.50 bits per heavy atom. The predicted octanol–water partition coefficient (Wildman–Crippen LogP) is 4.20. The molecule has 0 bridgehead atoms. The van der Waals surface area contributed by atoms with Crippen LogP contribution in [0, 0.1) is 0 Å². The number of carbonyl (C=O) groups excluding carboxylic acids is 1. The van der Waals surface area contributed by atoms with Crippen LogP contribution in [-0.4, -0.2) is 34.2 Å². The van der Waals surface area contributed by atoms with Crippen LogP contribution in [0.1, 0.15) is 31.2 Å². The summed E-state index contributed by atoms with van der Waals surface area (Å²) < 4.78 is 76.6. The van der Waals surface area contributed by atoms with Gasteiger partial charge in [0, 0.05) is 6.07 Å². The molecule has 0 aromatic heterocycles. The van der Waals surface area contributed by atoms with E-state index in [0.29, 0.717) is 18.4 Å². The van der Waals surface area contributed by atoms with Crippen LogP contribution in [0.25, 0.3) is 0 Å².